The van der Waals surface area contributed by atoms with Gasteiger partial charge < -0.3 is 14.9 Å². The zero-order chi connectivity index (χ0) is 15.4. The number of aliphatic hydroxyl groups is 1. The van der Waals surface area contributed by atoms with Crippen molar-refractivity contribution in [1.82, 2.24) is 10.1 Å². The molecule has 6 nitrogen and oxygen atoms in total. The summed E-state index contributed by atoms with van der Waals surface area (Å²) in [4.78, 5) is 16.1. The third kappa shape index (κ3) is 3.02. The largest absolute Gasteiger partial charge is 0.392 e. The van der Waals surface area contributed by atoms with Crippen LogP contribution < -0.4 is 5.32 Å². The summed E-state index contributed by atoms with van der Waals surface area (Å²) < 4.78 is 5.16. The second-order valence-electron chi connectivity index (χ2n) is 4.63. The fraction of sp³-hybridized carbons (Fsp3) is 0.0625. The highest BCUT2D eigenvalue weighted by atomic mass is 16.5. The standard InChI is InChI=1S/C16H13N3O3/c20-10-11-3-1-5-13(7-11)18-16(21)14-8-15(22-19-14)12-4-2-6-17-9-12/h1-9,20H,10H2,(H,18,21). The molecule has 0 saturated carbocycles. The first-order valence-corrected chi connectivity index (χ1v) is 6.64. The molecule has 0 radical (unpaired) electrons. The Morgan fingerprint density at radius 3 is 2.91 bits per heavy atom. The van der Waals surface area contributed by atoms with E-state index in [1.807, 2.05) is 6.07 Å². The molecule has 0 spiro atoms. The second kappa shape index (κ2) is 6.19. The van der Waals surface area contributed by atoms with Gasteiger partial charge in [-0.3, -0.25) is 9.78 Å². The molecule has 2 N–H and O–H groups in total. The van der Waals surface area contributed by atoms with E-state index in [0.717, 1.165) is 5.56 Å². The van der Waals surface area contributed by atoms with Crippen LogP contribution >= 0.6 is 0 Å². The predicted molar refractivity (Wildman–Crippen MR) is 80.1 cm³/mol. The highest BCUT2D eigenvalue weighted by molar-refractivity contribution is 6.03. The van der Waals surface area contributed by atoms with Gasteiger partial charge in [-0.05, 0) is 29.8 Å². The number of aliphatic hydroxyl groups excluding tert-OH is 1. The van der Waals surface area contributed by atoms with Crippen LogP contribution in [0.4, 0.5) is 5.69 Å². The zero-order valence-corrected chi connectivity index (χ0v) is 11.6. The number of carbonyl (C=O) groups excluding carboxylic acids is 1. The first-order valence-electron chi connectivity index (χ1n) is 6.64. The molecular weight excluding hydrogens is 282 g/mol. The maximum atomic E-state index is 12.1. The number of hydrogen-bond acceptors (Lipinski definition) is 5. The van der Waals surface area contributed by atoms with Gasteiger partial charge >= 0.3 is 0 Å². The lowest BCUT2D eigenvalue weighted by atomic mass is 10.2. The van der Waals surface area contributed by atoms with E-state index in [1.165, 1.54) is 0 Å². The molecule has 0 fully saturated rings. The molecule has 0 saturated heterocycles. The summed E-state index contributed by atoms with van der Waals surface area (Å²) in [6.45, 7) is -0.0845. The van der Waals surface area contributed by atoms with E-state index >= 15 is 0 Å². The number of hydrogen-bond donors (Lipinski definition) is 2. The monoisotopic (exact) mass is 295 g/mol. The second-order valence-corrected chi connectivity index (χ2v) is 4.63. The number of amides is 1. The van der Waals surface area contributed by atoms with E-state index in [9.17, 15) is 4.79 Å². The van der Waals surface area contributed by atoms with Crippen molar-refractivity contribution in [2.45, 2.75) is 6.61 Å². The van der Waals surface area contributed by atoms with Crippen LogP contribution in [0.15, 0.2) is 59.4 Å². The molecule has 2 aromatic heterocycles. The maximum Gasteiger partial charge on any atom is 0.277 e. The minimum absolute atomic E-state index is 0.0845. The normalized spacial score (nSPS) is 10.4. The Kier molecular flexibility index (Phi) is 3.93. The molecule has 0 aliphatic carbocycles. The fourth-order valence-electron chi connectivity index (χ4n) is 1.97. The fourth-order valence-corrected chi connectivity index (χ4v) is 1.97. The molecule has 110 valence electrons. The summed E-state index contributed by atoms with van der Waals surface area (Å²) in [6.07, 6.45) is 3.29. The van der Waals surface area contributed by atoms with Crippen molar-refractivity contribution >= 4 is 11.6 Å². The van der Waals surface area contributed by atoms with Gasteiger partial charge in [0.25, 0.3) is 5.91 Å². The SMILES string of the molecule is O=C(Nc1cccc(CO)c1)c1cc(-c2cccnc2)on1. The third-order valence-corrected chi connectivity index (χ3v) is 3.06. The van der Waals surface area contributed by atoms with E-state index in [2.05, 4.69) is 15.5 Å². The summed E-state index contributed by atoms with van der Waals surface area (Å²) >= 11 is 0. The summed E-state index contributed by atoms with van der Waals surface area (Å²) in [5.74, 6) is 0.0938. The van der Waals surface area contributed by atoms with Gasteiger partial charge in [0, 0.05) is 29.7 Å². The number of benzene rings is 1. The van der Waals surface area contributed by atoms with Crippen molar-refractivity contribution in [3.05, 3.63) is 66.1 Å². The van der Waals surface area contributed by atoms with E-state index in [0.29, 0.717) is 17.0 Å². The van der Waals surface area contributed by atoms with Gasteiger partial charge in [-0.25, -0.2) is 0 Å². The molecule has 1 aromatic carbocycles. The van der Waals surface area contributed by atoms with Crippen molar-refractivity contribution in [3.8, 4) is 11.3 Å². The molecule has 3 rings (SSSR count). The Labute approximate surface area is 126 Å². The molecular formula is C16H13N3O3. The number of rotatable bonds is 4. The zero-order valence-electron chi connectivity index (χ0n) is 11.6. The Morgan fingerprint density at radius 1 is 1.23 bits per heavy atom. The Morgan fingerprint density at radius 2 is 2.14 bits per heavy atom. The van der Waals surface area contributed by atoms with Crippen LogP contribution in [-0.2, 0) is 6.61 Å². The van der Waals surface area contributed by atoms with Gasteiger partial charge in [-0.1, -0.05) is 17.3 Å². The lowest BCUT2D eigenvalue weighted by Gasteiger charge is -2.04. The predicted octanol–water partition coefficient (Wildman–Crippen LogP) is 2.48. The molecule has 1 amide bonds. The molecule has 0 aliphatic rings. The van der Waals surface area contributed by atoms with Crippen molar-refractivity contribution < 1.29 is 14.4 Å². The molecule has 3 aromatic rings. The highest BCUT2D eigenvalue weighted by Crippen LogP contribution is 2.19. The smallest absolute Gasteiger partial charge is 0.277 e. The van der Waals surface area contributed by atoms with Crippen molar-refractivity contribution in [1.29, 1.82) is 0 Å². The highest BCUT2D eigenvalue weighted by Gasteiger charge is 2.14. The van der Waals surface area contributed by atoms with Crippen LogP contribution in [0.2, 0.25) is 0 Å². The Hall–Kier alpha value is -2.99. The number of aromatic nitrogens is 2. The first kappa shape index (κ1) is 14.0. The van der Waals surface area contributed by atoms with Crippen LogP contribution in [0.25, 0.3) is 11.3 Å². The third-order valence-electron chi connectivity index (χ3n) is 3.06. The molecule has 0 atom stereocenters. The quantitative estimate of drug-likeness (QED) is 0.772. The van der Waals surface area contributed by atoms with Crippen molar-refractivity contribution in [3.63, 3.8) is 0 Å². The summed E-state index contributed by atoms with van der Waals surface area (Å²) in [5.41, 5.74) is 2.22. The Balaban J connectivity index is 1.77. The lowest BCUT2D eigenvalue weighted by molar-refractivity contribution is 0.101. The van der Waals surface area contributed by atoms with Gasteiger partial charge in [0.2, 0.25) is 0 Å². The molecule has 0 bridgehead atoms. The number of nitrogens with zero attached hydrogens (tertiary/aromatic N) is 2. The van der Waals surface area contributed by atoms with Gasteiger partial charge in [-0.15, -0.1) is 0 Å². The summed E-state index contributed by atoms with van der Waals surface area (Å²) in [7, 11) is 0. The number of carbonyl (C=O) groups is 1. The molecule has 2 heterocycles. The van der Waals surface area contributed by atoms with Crippen LogP contribution in [0.5, 0.6) is 0 Å². The topological polar surface area (TPSA) is 88.2 Å². The number of pyridine rings is 1. The number of anilines is 1. The van der Waals surface area contributed by atoms with Crippen molar-refractivity contribution in [2.75, 3.05) is 5.32 Å². The van der Waals surface area contributed by atoms with Gasteiger partial charge in [-0.2, -0.15) is 0 Å². The van der Waals surface area contributed by atoms with E-state index in [-0.39, 0.29) is 18.2 Å². The minimum atomic E-state index is -0.381. The molecule has 22 heavy (non-hydrogen) atoms. The van der Waals surface area contributed by atoms with Crippen LogP contribution in [0, 0.1) is 0 Å². The van der Waals surface area contributed by atoms with E-state index in [4.69, 9.17) is 9.63 Å². The maximum absolute atomic E-state index is 12.1. The van der Waals surface area contributed by atoms with Crippen LogP contribution in [0.1, 0.15) is 16.1 Å². The Bertz CT molecular complexity index is 784. The molecule has 0 unspecified atom stereocenters. The van der Waals surface area contributed by atoms with Crippen LogP contribution in [0.3, 0.4) is 0 Å². The first-order chi connectivity index (χ1) is 10.8. The average molecular weight is 295 g/mol. The van der Waals surface area contributed by atoms with E-state index in [1.54, 1.807) is 48.8 Å². The van der Waals surface area contributed by atoms with Gasteiger partial charge in [0.1, 0.15) is 0 Å². The summed E-state index contributed by atoms with van der Waals surface area (Å²) in [5, 5.41) is 15.6. The number of nitrogens with one attached hydrogen (secondary N) is 1. The molecule has 0 aliphatic heterocycles. The average Bonchev–Trinajstić information content (AvgIpc) is 3.06. The minimum Gasteiger partial charge on any atom is -0.392 e. The van der Waals surface area contributed by atoms with Gasteiger partial charge in [0.15, 0.2) is 11.5 Å². The van der Waals surface area contributed by atoms with Crippen LogP contribution in [-0.4, -0.2) is 21.2 Å². The summed E-state index contributed by atoms with van der Waals surface area (Å²) in [6, 6.07) is 12.1. The van der Waals surface area contributed by atoms with Crippen molar-refractivity contribution in [2.24, 2.45) is 0 Å². The lowest BCUT2D eigenvalue weighted by Crippen LogP contribution is -2.12. The molecule has 6 heteroatoms. The van der Waals surface area contributed by atoms with E-state index < -0.39 is 0 Å². The van der Waals surface area contributed by atoms with Gasteiger partial charge in [0.05, 0.1) is 6.61 Å².